The normalized spacial score (nSPS) is 17.8. The van der Waals surface area contributed by atoms with Crippen molar-refractivity contribution in [2.75, 3.05) is 11.9 Å². The van der Waals surface area contributed by atoms with Crippen LogP contribution >= 0.6 is 11.6 Å². The van der Waals surface area contributed by atoms with Crippen molar-refractivity contribution in [1.29, 1.82) is 0 Å². The summed E-state index contributed by atoms with van der Waals surface area (Å²) in [6.07, 6.45) is 6.90. The Bertz CT molecular complexity index is 526. The molecule has 21 heavy (non-hydrogen) atoms. The lowest BCUT2D eigenvalue weighted by Crippen LogP contribution is -2.23. The van der Waals surface area contributed by atoms with Gasteiger partial charge >= 0.3 is 0 Å². The quantitative estimate of drug-likeness (QED) is 0.803. The van der Waals surface area contributed by atoms with Crippen LogP contribution in [0.5, 0.6) is 5.75 Å². The van der Waals surface area contributed by atoms with Crippen LogP contribution in [0.25, 0.3) is 0 Å². The van der Waals surface area contributed by atoms with Gasteiger partial charge in [-0.3, -0.25) is 4.79 Å². The number of carbonyl (C=O) groups is 1. The van der Waals surface area contributed by atoms with Crippen molar-refractivity contribution in [2.24, 2.45) is 11.8 Å². The molecule has 1 unspecified atom stereocenters. The van der Waals surface area contributed by atoms with Crippen LogP contribution in [0.4, 0.5) is 5.69 Å². The molecule has 0 heterocycles. The van der Waals surface area contributed by atoms with Crippen LogP contribution < -0.4 is 10.1 Å². The number of anilines is 1. The molecule has 0 spiro atoms. The summed E-state index contributed by atoms with van der Waals surface area (Å²) in [5.74, 6) is 1.22. The predicted molar refractivity (Wildman–Crippen MR) is 86.9 cm³/mol. The van der Waals surface area contributed by atoms with E-state index in [1.807, 2.05) is 6.07 Å². The zero-order chi connectivity index (χ0) is 15.2. The van der Waals surface area contributed by atoms with Gasteiger partial charge in [0.05, 0.1) is 11.6 Å². The van der Waals surface area contributed by atoms with Crippen molar-refractivity contribution in [1.82, 2.24) is 0 Å². The van der Waals surface area contributed by atoms with Gasteiger partial charge in [0, 0.05) is 11.6 Å². The number of hydrogen-bond acceptors (Lipinski definition) is 2. The fourth-order valence-electron chi connectivity index (χ4n) is 2.23. The summed E-state index contributed by atoms with van der Waals surface area (Å²) in [4.78, 5) is 12.2. The minimum atomic E-state index is 0.0608. The third kappa shape index (κ3) is 4.78. The highest BCUT2D eigenvalue weighted by Crippen LogP contribution is 2.29. The summed E-state index contributed by atoms with van der Waals surface area (Å²) in [6.45, 7) is 4.79. The molecule has 0 saturated heterocycles. The van der Waals surface area contributed by atoms with E-state index in [9.17, 15) is 4.79 Å². The van der Waals surface area contributed by atoms with E-state index in [1.54, 1.807) is 12.1 Å². The zero-order valence-electron chi connectivity index (χ0n) is 12.6. The van der Waals surface area contributed by atoms with Gasteiger partial charge in [0.15, 0.2) is 0 Å². The molecule has 1 N–H and O–H groups in total. The van der Waals surface area contributed by atoms with Crippen LogP contribution in [0, 0.1) is 11.8 Å². The molecule has 0 saturated carbocycles. The fraction of sp³-hybridized carbons (Fsp3) is 0.471. The number of carbonyl (C=O) groups excluding carboxylic acids is 1. The maximum atomic E-state index is 12.2. The van der Waals surface area contributed by atoms with E-state index in [4.69, 9.17) is 16.3 Å². The first kappa shape index (κ1) is 15.9. The van der Waals surface area contributed by atoms with E-state index >= 15 is 0 Å². The topological polar surface area (TPSA) is 38.3 Å². The number of amides is 1. The molecule has 1 atom stereocenters. The molecule has 1 aromatic carbocycles. The zero-order valence-corrected chi connectivity index (χ0v) is 13.3. The van der Waals surface area contributed by atoms with E-state index in [1.165, 1.54) is 0 Å². The van der Waals surface area contributed by atoms with Crippen molar-refractivity contribution in [3.8, 4) is 5.75 Å². The van der Waals surface area contributed by atoms with Crippen LogP contribution in [0.2, 0.25) is 5.02 Å². The van der Waals surface area contributed by atoms with Gasteiger partial charge in [-0.15, -0.1) is 0 Å². The van der Waals surface area contributed by atoms with Crippen molar-refractivity contribution in [2.45, 2.75) is 33.1 Å². The average Bonchev–Trinajstić information content (AvgIpc) is 2.47. The second-order valence-corrected chi connectivity index (χ2v) is 6.23. The molecule has 0 fully saturated rings. The summed E-state index contributed by atoms with van der Waals surface area (Å²) in [7, 11) is 0. The SMILES string of the molecule is CC(C)COc1ccc(NC(=O)C2CC=CCC2)cc1Cl. The summed E-state index contributed by atoms with van der Waals surface area (Å²) in [6, 6.07) is 5.38. The number of benzene rings is 1. The Morgan fingerprint density at radius 3 is 2.86 bits per heavy atom. The van der Waals surface area contributed by atoms with E-state index < -0.39 is 0 Å². The van der Waals surface area contributed by atoms with E-state index in [2.05, 4.69) is 31.3 Å². The molecule has 1 aromatic rings. The predicted octanol–water partition coefficient (Wildman–Crippen LogP) is 4.67. The van der Waals surface area contributed by atoms with Crippen LogP contribution in [0.1, 0.15) is 33.1 Å². The Labute approximate surface area is 131 Å². The lowest BCUT2D eigenvalue weighted by atomic mass is 9.93. The second-order valence-electron chi connectivity index (χ2n) is 5.82. The van der Waals surface area contributed by atoms with Gasteiger partial charge in [0.25, 0.3) is 0 Å². The second kappa shape index (κ2) is 7.51. The number of ether oxygens (including phenoxy) is 1. The molecule has 0 aliphatic heterocycles. The molecule has 4 heteroatoms. The lowest BCUT2D eigenvalue weighted by Gasteiger charge is -2.17. The first-order valence-corrected chi connectivity index (χ1v) is 7.82. The van der Waals surface area contributed by atoms with E-state index in [-0.39, 0.29) is 11.8 Å². The highest BCUT2D eigenvalue weighted by atomic mass is 35.5. The minimum Gasteiger partial charge on any atom is -0.492 e. The summed E-state index contributed by atoms with van der Waals surface area (Å²) >= 11 is 6.19. The van der Waals surface area contributed by atoms with Crippen molar-refractivity contribution in [3.05, 3.63) is 35.4 Å². The molecule has 0 bridgehead atoms. The molecule has 0 radical (unpaired) electrons. The van der Waals surface area contributed by atoms with Crippen LogP contribution in [-0.2, 0) is 4.79 Å². The Hall–Kier alpha value is -1.48. The Kier molecular flexibility index (Phi) is 5.68. The molecule has 1 aliphatic carbocycles. The molecule has 3 nitrogen and oxygen atoms in total. The number of halogens is 1. The number of rotatable bonds is 5. The largest absolute Gasteiger partial charge is 0.492 e. The molecule has 2 rings (SSSR count). The van der Waals surface area contributed by atoms with Gasteiger partial charge in [-0.05, 0) is 43.4 Å². The molecule has 0 aromatic heterocycles. The van der Waals surface area contributed by atoms with Gasteiger partial charge < -0.3 is 10.1 Å². The van der Waals surface area contributed by atoms with Crippen LogP contribution in [0.15, 0.2) is 30.4 Å². The lowest BCUT2D eigenvalue weighted by molar-refractivity contribution is -0.120. The maximum Gasteiger partial charge on any atom is 0.227 e. The standard InChI is InChI=1S/C17H22ClNO2/c1-12(2)11-21-16-9-8-14(10-15(16)18)19-17(20)13-6-4-3-5-7-13/h3-4,8-10,12-13H,5-7,11H2,1-2H3,(H,19,20). The molecular weight excluding hydrogens is 286 g/mol. The average molecular weight is 308 g/mol. The first-order chi connectivity index (χ1) is 10.1. The first-order valence-electron chi connectivity index (χ1n) is 7.44. The van der Waals surface area contributed by atoms with Crippen molar-refractivity contribution in [3.63, 3.8) is 0 Å². The summed E-state index contributed by atoms with van der Waals surface area (Å²) < 4.78 is 5.62. The number of hydrogen-bond donors (Lipinski definition) is 1. The van der Waals surface area contributed by atoms with Gasteiger partial charge in [-0.25, -0.2) is 0 Å². The smallest absolute Gasteiger partial charge is 0.227 e. The van der Waals surface area contributed by atoms with Crippen molar-refractivity contribution >= 4 is 23.2 Å². The molecule has 1 amide bonds. The van der Waals surface area contributed by atoms with E-state index in [0.717, 1.165) is 24.9 Å². The highest BCUT2D eigenvalue weighted by molar-refractivity contribution is 6.32. The van der Waals surface area contributed by atoms with Gasteiger partial charge in [0.2, 0.25) is 5.91 Å². The van der Waals surface area contributed by atoms with Gasteiger partial charge in [-0.2, -0.15) is 0 Å². The monoisotopic (exact) mass is 307 g/mol. The van der Waals surface area contributed by atoms with Gasteiger partial charge in [-0.1, -0.05) is 37.6 Å². The van der Waals surface area contributed by atoms with Crippen LogP contribution in [-0.4, -0.2) is 12.5 Å². The Morgan fingerprint density at radius 2 is 2.24 bits per heavy atom. The van der Waals surface area contributed by atoms with Crippen LogP contribution in [0.3, 0.4) is 0 Å². The molecule has 1 aliphatic rings. The molecule has 114 valence electrons. The van der Waals surface area contributed by atoms with Gasteiger partial charge in [0.1, 0.15) is 5.75 Å². The Balaban J connectivity index is 1.96. The summed E-state index contributed by atoms with van der Waals surface area (Å²) in [5.41, 5.74) is 0.719. The summed E-state index contributed by atoms with van der Waals surface area (Å²) in [5, 5.41) is 3.46. The van der Waals surface area contributed by atoms with E-state index in [0.29, 0.717) is 23.3 Å². The third-order valence-electron chi connectivity index (χ3n) is 3.41. The Morgan fingerprint density at radius 1 is 1.43 bits per heavy atom. The number of nitrogens with one attached hydrogen (secondary N) is 1. The van der Waals surface area contributed by atoms with Crippen molar-refractivity contribution < 1.29 is 9.53 Å². The number of allylic oxidation sites excluding steroid dienone is 2. The third-order valence-corrected chi connectivity index (χ3v) is 3.71. The maximum absolute atomic E-state index is 12.2. The fourth-order valence-corrected chi connectivity index (χ4v) is 2.46. The molecular formula is C17H22ClNO2. The highest BCUT2D eigenvalue weighted by Gasteiger charge is 2.19. The minimum absolute atomic E-state index is 0.0608.